The molecule has 0 bridgehead atoms. The van der Waals surface area contributed by atoms with Gasteiger partial charge in [-0.05, 0) is 36.6 Å². The summed E-state index contributed by atoms with van der Waals surface area (Å²) in [7, 11) is 0. The van der Waals surface area contributed by atoms with Crippen molar-refractivity contribution in [3.63, 3.8) is 0 Å². The van der Waals surface area contributed by atoms with Crippen molar-refractivity contribution in [2.24, 2.45) is 4.99 Å². The summed E-state index contributed by atoms with van der Waals surface area (Å²) in [6.07, 6.45) is 8.50. The molecule has 32 heavy (non-hydrogen) atoms. The number of hydrogen-bond acceptors (Lipinski definition) is 5. The van der Waals surface area contributed by atoms with E-state index in [2.05, 4.69) is 14.9 Å². The minimum Gasteiger partial charge on any atom is -0.384 e. The molecule has 0 radical (unpaired) electrons. The fraction of sp³-hybridized carbons (Fsp3) is 0.375. The monoisotopic (exact) mass is 470 g/mol. The van der Waals surface area contributed by atoms with E-state index >= 15 is 0 Å². The van der Waals surface area contributed by atoms with Crippen molar-refractivity contribution >= 4 is 34.8 Å². The summed E-state index contributed by atoms with van der Waals surface area (Å²) >= 11 is 12.6. The summed E-state index contributed by atoms with van der Waals surface area (Å²) < 4.78 is 0. The third-order valence-electron chi connectivity index (χ3n) is 6.66. The van der Waals surface area contributed by atoms with E-state index in [0.717, 1.165) is 17.7 Å². The first kappa shape index (κ1) is 21.6. The molecule has 2 fully saturated rings. The van der Waals surface area contributed by atoms with Crippen LogP contribution in [-0.4, -0.2) is 70.3 Å². The Morgan fingerprint density at radius 2 is 1.97 bits per heavy atom. The van der Waals surface area contributed by atoms with Crippen molar-refractivity contribution in [1.29, 1.82) is 0 Å². The van der Waals surface area contributed by atoms with E-state index in [-0.39, 0.29) is 11.9 Å². The summed E-state index contributed by atoms with van der Waals surface area (Å²) in [6.45, 7) is 3.05. The number of pyridine rings is 1. The number of allylic oxidation sites excluding steroid dienone is 1. The summed E-state index contributed by atoms with van der Waals surface area (Å²) in [5.41, 5.74) is 1.85. The zero-order valence-corrected chi connectivity index (χ0v) is 19.1. The lowest BCUT2D eigenvalue weighted by Gasteiger charge is -2.49. The van der Waals surface area contributed by atoms with E-state index in [9.17, 15) is 9.90 Å². The van der Waals surface area contributed by atoms with Crippen molar-refractivity contribution in [3.8, 4) is 0 Å². The number of piperazine rings is 1. The van der Waals surface area contributed by atoms with Crippen LogP contribution in [0.1, 0.15) is 34.3 Å². The molecule has 5 rings (SSSR count). The molecule has 2 atom stereocenters. The Morgan fingerprint density at radius 3 is 2.72 bits per heavy atom. The molecule has 6 nitrogen and oxygen atoms in total. The normalized spacial score (nSPS) is 25.5. The number of piperidine rings is 1. The number of benzene rings is 1. The molecular weight excluding hydrogens is 447 g/mol. The van der Waals surface area contributed by atoms with E-state index in [1.54, 1.807) is 12.4 Å². The number of carbonyl (C=O) groups excluding carboxylic acids is 1. The van der Waals surface area contributed by atoms with Crippen LogP contribution in [-0.2, 0) is 5.60 Å². The minimum atomic E-state index is -0.898. The van der Waals surface area contributed by atoms with Crippen LogP contribution < -0.4 is 0 Å². The van der Waals surface area contributed by atoms with Crippen LogP contribution in [0.2, 0.25) is 10.0 Å². The highest BCUT2D eigenvalue weighted by molar-refractivity contribution is 6.38. The van der Waals surface area contributed by atoms with E-state index in [1.165, 1.54) is 0 Å². The Morgan fingerprint density at radius 1 is 1.16 bits per heavy atom. The molecule has 2 saturated heterocycles. The van der Waals surface area contributed by atoms with Gasteiger partial charge in [0.15, 0.2) is 0 Å². The van der Waals surface area contributed by atoms with Gasteiger partial charge in [0.1, 0.15) is 5.60 Å². The first-order chi connectivity index (χ1) is 15.4. The van der Waals surface area contributed by atoms with Crippen LogP contribution in [0.25, 0.3) is 0 Å². The predicted octanol–water partition coefficient (Wildman–Crippen LogP) is 3.56. The number of fused-ring (bicyclic) bond motifs is 1. The standard InChI is InChI=1S/C24H24Cl2N4O2/c25-17-5-3-16(4-6-17)24(32)8-7-18-14-29(10-11-30(18)15-24)23(31)20-13-27-12-19(22(20)26)21-2-1-9-28-21/h1-6,12-13,18,32H,7-11,14-15H2/t18-,24-/m1/s1. The molecule has 1 aromatic heterocycles. The summed E-state index contributed by atoms with van der Waals surface area (Å²) in [6, 6.07) is 7.63. The molecule has 3 aliphatic heterocycles. The summed E-state index contributed by atoms with van der Waals surface area (Å²) in [5, 5.41) is 12.3. The minimum absolute atomic E-state index is 0.106. The highest BCUT2D eigenvalue weighted by Crippen LogP contribution is 2.36. The van der Waals surface area contributed by atoms with Crippen LogP contribution in [0.15, 0.2) is 53.8 Å². The summed E-state index contributed by atoms with van der Waals surface area (Å²) in [5.74, 6) is -0.106. The quantitative estimate of drug-likeness (QED) is 0.744. The van der Waals surface area contributed by atoms with Crippen molar-refractivity contribution in [2.45, 2.75) is 24.5 Å². The molecule has 3 aliphatic rings. The number of carbonyl (C=O) groups is 1. The van der Waals surface area contributed by atoms with E-state index < -0.39 is 5.60 Å². The predicted molar refractivity (Wildman–Crippen MR) is 126 cm³/mol. The van der Waals surface area contributed by atoms with Crippen LogP contribution in [0.4, 0.5) is 0 Å². The average Bonchev–Trinajstić information content (AvgIpc) is 3.33. The molecule has 0 unspecified atom stereocenters. The lowest BCUT2D eigenvalue weighted by atomic mass is 9.82. The third kappa shape index (κ3) is 3.97. The van der Waals surface area contributed by atoms with Gasteiger partial charge in [-0.2, -0.15) is 0 Å². The molecule has 1 amide bonds. The Labute approximate surface area is 197 Å². The zero-order chi connectivity index (χ0) is 22.3. The maximum atomic E-state index is 13.3. The average molecular weight is 471 g/mol. The smallest absolute Gasteiger partial charge is 0.257 e. The van der Waals surface area contributed by atoms with Gasteiger partial charge < -0.3 is 10.0 Å². The second-order valence-corrected chi connectivity index (χ2v) is 9.44. The highest BCUT2D eigenvalue weighted by atomic mass is 35.5. The number of amides is 1. The number of hydrogen-bond donors (Lipinski definition) is 1. The van der Waals surface area contributed by atoms with Gasteiger partial charge in [-0.3, -0.25) is 19.7 Å². The van der Waals surface area contributed by atoms with Gasteiger partial charge in [-0.25, -0.2) is 0 Å². The molecule has 4 heterocycles. The Balaban J connectivity index is 1.30. The largest absolute Gasteiger partial charge is 0.384 e. The van der Waals surface area contributed by atoms with Gasteiger partial charge in [-0.15, -0.1) is 0 Å². The molecule has 0 saturated carbocycles. The van der Waals surface area contributed by atoms with Crippen LogP contribution in [0.3, 0.4) is 0 Å². The van der Waals surface area contributed by atoms with E-state index in [0.29, 0.717) is 60.3 Å². The zero-order valence-electron chi connectivity index (χ0n) is 17.5. The second-order valence-electron chi connectivity index (χ2n) is 8.63. The molecule has 0 aliphatic carbocycles. The van der Waals surface area contributed by atoms with Crippen molar-refractivity contribution in [3.05, 3.63) is 75.5 Å². The molecule has 2 aromatic rings. The molecule has 166 valence electrons. The van der Waals surface area contributed by atoms with Gasteiger partial charge in [0, 0.05) is 55.2 Å². The number of nitrogens with zero attached hydrogens (tertiary/aromatic N) is 4. The third-order valence-corrected chi connectivity index (χ3v) is 7.32. The number of rotatable bonds is 3. The number of aliphatic imine (C=N–C) groups is 1. The van der Waals surface area contributed by atoms with Crippen molar-refractivity contribution in [2.75, 3.05) is 32.7 Å². The number of halogens is 2. The van der Waals surface area contributed by atoms with Gasteiger partial charge >= 0.3 is 0 Å². The second kappa shape index (κ2) is 8.60. The van der Waals surface area contributed by atoms with Gasteiger partial charge in [0.2, 0.25) is 0 Å². The molecule has 1 aromatic carbocycles. The van der Waals surface area contributed by atoms with Gasteiger partial charge in [0.25, 0.3) is 5.91 Å². The maximum Gasteiger partial charge on any atom is 0.257 e. The van der Waals surface area contributed by atoms with Gasteiger partial charge in [-0.1, -0.05) is 41.4 Å². The molecule has 0 spiro atoms. The number of aromatic nitrogens is 1. The van der Waals surface area contributed by atoms with Crippen LogP contribution >= 0.6 is 23.2 Å². The Kier molecular flexibility index (Phi) is 5.80. The lowest BCUT2D eigenvalue weighted by molar-refractivity contribution is -0.0740. The fourth-order valence-electron chi connectivity index (χ4n) is 4.86. The topological polar surface area (TPSA) is 69.0 Å². The first-order valence-corrected chi connectivity index (χ1v) is 11.6. The first-order valence-electron chi connectivity index (χ1n) is 10.8. The fourth-order valence-corrected chi connectivity index (χ4v) is 5.26. The molecule has 8 heteroatoms. The lowest BCUT2D eigenvalue weighted by Crippen LogP contribution is -2.60. The van der Waals surface area contributed by atoms with Crippen LogP contribution in [0, 0.1) is 0 Å². The maximum absolute atomic E-state index is 13.3. The van der Waals surface area contributed by atoms with E-state index in [4.69, 9.17) is 23.2 Å². The number of aliphatic hydroxyl groups is 1. The molecular formula is C24H24Cl2N4O2. The Hall–Kier alpha value is -2.25. The van der Waals surface area contributed by atoms with E-state index in [1.807, 2.05) is 41.3 Å². The summed E-state index contributed by atoms with van der Waals surface area (Å²) in [4.78, 5) is 26.1. The van der Waals surface area contributed by atoms with Gasteiger partial charge in [0.05, 0.1) is 22.8 Å². The van der Waals surface area contributed by atoms with Crippen molar-refractivity contribution in [1.82, 2.24) is 14.8 Å². The van der Waals surface area contributed by atoms with Crippen molar-refractivity contribution < 1.29 is 9.90 Å². The molecule has 1 N–H and O–H groups in total. The Bertz CT molecular complexity index is 1100. The van der Waals surface area contributed by atoms with Crippen LogP contribution in [0.5, 0.6) is 0 Å². The SMILES string of the molecule is O=C(c1cncc(C2=NCC=C2)c1Cl)N1CCN2C[C@@](O)(c3ccc(Cl)cc3)CC[C@@H]2C1. The highest BCUT2D eigenvalue weighted by Gasteiger charge is 2.42.